The molecule has 2 aromatic carbocycles. The van der Waals surface area contributed by atoms with E-state index < -0.39 is 0 Å². The van der Waals surface area contributed by atoms with Crippen molar-refractivity contribution in [2.75, 3.05) is 44.4 Å². The lowest BCUT2D eigenvalue weighted by atomic mass is 10.2. The summed E-state index contributed by atoms with van der Waals surface area (Å²) in [6.07, 6.45) is 7.92. The Morgan fingerprint density at radius 3 is 2.62 bits per heavy atom. The maximum absolute atomic E-state index is 5.51. The number of anilines is 1. The first-order valence-corrected chi connectivity index (χ1v) is 11.6. The van der Waals surface area contributed by atoms with Gasteiger partial charge in [0.25, 0.3) is 0 Å². The van der Waals surface area contributed by atoms with Crippen molar-refractivity contribution in [1.82, 2.24) is 24.4 Å². The van der Waals surface area contributed by atoms with Crippen molar-refractivity contribution in [3.8, 4) is 11.5 Å². The molecule has 1 saturated heterocycles. The lowest BCUT2D eigenvalue weighted by molar-refractivity contribution is 0.174. The second kappa shape index (κ2) is 9.15. The van der Waals surface area contributed by atoms with E-state index >= 15 is 0 Å². The molecule has 0 amide bonds. The molecule has 0 atom stereocenters. The van der Waals surface area contributed by atoms with Crippen LogP contribution in [0.2, 0.25) is 0 Å². The smallest absolute Gasteiger partial charge is 0.231 e. The number of hydrogen-bond donors (Lipinski definition) is 0. The van der Waals surface area contributed by atoms with Gasteiger partial charge in [-0.3, -0.25) is 4.90 Å². The maximum Gasteiger partial charge on any atom is 0.231 e. The van der Waals surface area contributed by atoms with Crippen molar-refractivity contribution in [3.63, 3.8) is 0 Å². The molecule has 2 aromatic heterocycles. The van der Waals surface area contributed by atoms with Crippen molar-refractivity contribution in [1.29, 1.82) is 0 Å². The van der Waals surface area contributed by atoms with Crippen molar-refractivity contribution in [2.24, 2.45) is 0 Å². The summed E-state index contributed by atoms with van der Waals surface area (Å²) in [6, 6.07) is 16.4. The zero-order valence-electron chi connectivity index (χ0n) is 18.9. The molecule has 4 heterocycles. The fourth-order valence-corrected chi connectivity index (χ4v) is 4.50. The van der Waals surface area contributed by atoms with Crippen LogP contribution in [0.3, 0.4) is 0 Å². The predicted octanol–water partition coefficient (Wildman–Crippen LogP) is 3.44. The van der Waals surface area contributed by atoms with E-state index in [2.05, 4.69) is 65.7 Å². The molecule has 6 rings (SSSR count). The Kier molecular flexibility index (Phi) is 5.56. The number of benzene rings is 2. The van der Waals surface area contributed by atoms with Gasteiger partial charge < -0.3 is 18.9 Å². The van der Waals surface area contributed by atoms with Crippen LogP contribution in [-0.2, 0) is 6.54 Å². The molecule has 0 saturated carbocycles. The number of piperazine rings is 1. The van der Waals surface area contributed by atoms with E-state index in [0.29, 0.717) is 6.54 Å². The van der Waals surface area contributed by atoms with Gasteiger partial charge in [0.05, 0.1) is 12.9 Å². The summed E-state index contributed by atoms with van der Waals surface area (Å²) >= 11 is 0. The largest absolute Gasteiger partial charge is 0.454 e. The van der Waals surface area contributed by atoms with E-state index in [-0.39, 0.29) is 6.79 Å². The molecule has 0 unspecified atom stereocenters. The Morgan fingerprint density at radius 1 is 0.882 bits per heavy atom. The van der Waals surface area contributed by atoms with E-state index in [4.69, 9.17) is 9.47 Å². The van der Waals surface area contributed by atoms with Crippen LogP contribution < -0.4 is 14.4 Å². The maximum atomic E-state index is 5.51. The number of imidazole rings is 1. The van der Waals surface area contributed by atoms with Crippen LogP contribution in [0.4, 0.5) is 5.82 Å². The van der Waals surface area contributed by atoms with Crippen LogP contribution in [0, 0.1) is 0 Å². The lowest BCUT2D eigenvalue weighted by Gasteiger charge is -2.34. The van der Waals surface area contributed by atoms with E-state index in [1.165, 1.54) is 5.56 Å². The van der Waals surface area contributed by atoms with Crippen LogP contribution in [0.1, 0.15) is 11.1 Å². The van der Waals surface area contributed by atoms with Gasteiger partial charge >= 0.3 is 0 Å². The van der Waals surface area contributed by atoms with Crippen LogP contribution >= 0.6 is 0 Å². The molecule has 0 bridgehead atoms. The summed E-state index contributed by atoms with van der Waals surface area (Å²) in [7, 11) is 0. The molecule has 1 fully saturated rings. The summed E-state index contributed by atoms with van der Waals surface area (Å²) in [5.41, 5.74) is 4.04. The summed E-state index contributed by atoms with van der Waals surface area (Å²) in [4.78, 5) is 18.6. The SMILES string of the molecule is C(=C\c1ccccc1)/CN1CCN(c2ncnc3c2ncn3Cc2ccc3c(c2)OCO3)CC1. The van der Waals surface area contributed by atoms with Crippen molar-refractivity contribution < 1.29 is 9.47 Å². The molecule has 0 N–H and O–H groups in total. The van der Waals surface area contributed by atoms with Crippen molar-refractivity contribution >= 4 is 23.1 Å². The van der Waals surface area contributed by atoms with Gasteiger partial charge in [-0.05, 0) is 23.3 Å². The Balaban J connectivity index is 1.12. The predicted molar refractivity (Wildman–Crippen MR) is 131 cm³/mol. The van der Waals surface area contributed by atoms with E-state index in [0.717, 1.165) is 66.8 Å². The van der Waals surface area contributed by atoms with Gasteiger partial charge in [0.15, 0.2) is 28.5 Å². The van der Waals surface area contributed by atoms with Gasteiger partial charge in [0, 0.05) is 32.7 Å². The first kappa shape index (κ1) is 20.7. The monoisotopic (exact) mass is 454 g/mol. The highest BCUT2D eigenvalue weighted by Gasteiger charge is 2.21. The number of fused-ring (bicyclic) bond motifs is 2. The second-order valence-corrected chi connectivity index (χ2v) is 8.53. The molecular weight excluding hydrogens is 428 g/mol. The number of rotatable bonds is 6. The molecule has 4 aromatic rings. The van der Waals surface area contributed by atoms with E-state index in [1.807, 2.05) is 30.6 Å². The molecule has 2 aliphatic heterocycles. The van der Waals surface area contributed by atoms with Crippen molar-refractivity contribution in [2.45, 2.75) is 6.54 Å². The number of aromatic nitrogens is 4. The molecular formula is C26H26N6O2. The van der Waals surface area contributed by atoms with Gasteiger partial charge in [0.2, 0.25) is 6.79 Å². The molecule has 8 nitrogen and oxygen atoms in total. The van der Waals surface area contributed by atoms with E-state index in [1.54, 1.807) is 6.33 Å². The fraction of sp³-hybridized carbons (Fsp3) is 0.269. The van der Waals surface area contributed by atoms with Gasteiger partial charge in [-0.1, -0.05) is 48.6 Å². The molecule has 2 aliphatic rings. The molecule has 0 spiro atoms. The van der Waals surface area contributed by atoms with E-state index in [9.17, 15) is 0 Å². The third kappa shape index (κ3) is 4.20. The highest BCUT2D eigenvalue weighted by Crippen LogP contribution is 2.33. The minimum absolute atomic E-state index is 0.278. The lowest BCUT2D eigenvalue weighted by Crippen LogP contribution is -2.46. The standard InChI is InChI=1S/C26H26N6O2/c1-2-5-20(6-3-1)7-4-10-30-11-13-31(14-12-30)25-24-26(28-17-27-25)32(18-29-24)16-21-8-9-22-23(15-21)34-19-33-22/h1-9,15,17-18H,10-14,16,19H2/b7-4+. The second-order valence-electron chi connectivity index (χ2n) is 8.53. The van der Waals surface area contributed by atoms with Crippen LogP contribution in [0.25, 0.3) is 17.2 Å². The normalized spacial score (nSPS) is 16.1. The summed E-state index contributed by atoms with van der Waals surface area (Å²) in [5.74, 6) is 2.49. The zero-order valence-corrected chi connectivity index (χ0v) is 18.9. The van der Waals surface area contributed by atoms with Crippen LogP contribution in [0.5, 0.6) is 11.5 Å². The zero-order chi connectivity index (χ0) is 22.7. The fourth-order valence-electron chi connectivity index (χ4n) is 4.50. The summed E-state index contributed by atoms with van der Waals surface area (Å²) < 4.78 is 13.0. The first-order valence-electron chi connectivity index (χ1n) is 11.6. The third-order valence-corrected chi connectivity index (χ3v) is 6.32. The van der Waals surface area contributed by atoms with Gasteiger partial charge in [-0.25, -0.2) is 15.0 Å². The molecule has 34 heavy (non-hydrogen) atoms. The molecule has 0 radical (unpaired) electrons. The summed E-state index contributed by atoms with van der Waals surface area (Å²) in [5, 5.41) is 0. The van der Waals surface area contributed by atoms with Crippen LogP contribution in [-0.4, -0.2) is 63.9 Å². The Labute approximate surface area is 198 Å². The topological polar surface area (TPSA) is 68.5 Å². The third-order valence-electron chi connectivity index (χ3n) is 6.32. The van der Waals surface area contributed by atoms with Crippen LogP contribution in [0.15, 0.2) is 67.3 Å². The van der Waals surface area contributed by atoms with Gasteiger partial charge in [-0.2, -0.15) is 0 Å². The molecule has 8 heteroatoms. The van der Waals surface area contributed by atoms with Crippen molar-refractivity contribution in [3.05, 3.63) is 78.4 Å². The summed E-state index contributed by atoms with van der Waals surface area (Å²) in [6.45, 7) is 5.70. The highest BCUT2D eigenvalue weighted by molar-refractivity contribution is 5.83. The Bertz CT molecular complexity index is 1310. The molecule has 172 valence electrons. The minimum Gasteiger partial charge on any atom is -0.454 e. The van der Waals surface area contributed by atoms with Gasteiger partial charge in [0.1, 0.15) is 6.33 Å². The number of nitrogens with zero attached hydrogens (tertiary/aromatic N) is 6. The first-order chi connectivity index (χ1) is 16.8. The Morgan fingerprint density at radius 2 is 1.74 bits per heavy atom. The number of ether oxygens (including phenoxy) is 2. The average molecular weight is 455 g/mol. The highest BCUT2D eigenvalue weighted by atomic mass is 16.7. The number of hydrogen-bond acceptors (Lipinski definition) is 7. The minimum atomic E-state index is 0.278. The van der Waals surface area contributed by atoms with Gasteiger partial charge in [-0.15, -0.1) is 0 Å². The average Bonchev–Trinajstić information content (AvgIpc) is 3.52. The molecule has 0 aliphatic carbocycles. The quantitative estimate of drug-likeness (QED) is 0.442. The Hall–Kier alpha value is -3.91.